The third-order valence-electron chi connectivity index (χ3n) is 5.12. The van der Waals surface area contributed by atoms with Crippen LogP contribution in [-0.2, 0) is 6.42 Å². The molecule has 0 spiro atoms. The van der Waals surface area contributed by atoms with Crippen LogP contribution in [0.5, 0.6) is 0 Å². The van der Waals surface area contributed by atoms with E-state index in [2.05, 4.69) is 48.3 Å². The van der Waals surface area contributed by atoms with Gasteiger partial charge in [-0.1, -0.05) is 35.4 Å². The van der Waals surface area contributed by atoms with Gasteiger partial charge in [-0.15, -0.1) is 0 Å². The molecule has 1 atom stereocenters. The summed E-state index contributed by atoms with van der Waals surface area (Å²) in [7, 11) is 0. The van der Waals surface area contributed by atoms with Gasteiger partial charge in [0.1, 0.15) is 0 Å². The number of piperazine rings is 1. The summed E-state index contributed by atoms with van der Waals surface area (Å²) < 4.78 is 0. The maximum atomic E-state index is 13.1. The predicted octanol–water partition coefficient (Wildman–Crippen LogP) is 3.58. The summed E-state index contributed by atoms with van der Waals surface area (Å²) in [5, 5.41) is 3.45. The molecular formula is C22H28N2O. The summed E-state index contributed by atoms with van der Waals surface area (Å²) in [6.45, 7) is 10.9. The van der Waals surface area contributed by atoms with Crippen molar-refractivity contribution in [3.63, 3.8) is 0 Å². The fourth-order valence-corrected chi connectivity index (χ4v) is 3.68. The Kier molecular flexibility index (Phi) is 5.24. The second kappa shape index (κ2) is 7.40. The molecule has 25 heavy (non-hydrogen) atoms. The Bertz CT molecular complexity index is 761. The molecule has 0 aromatic heterocycles. The molecule has 0 aliphatic carbocycles. The first-order valence-electron chi connectivity index (χ1n) is 9.10. The number of hydrogen-bond donors (Lipinski definition) is 1. The number of carbonyl (C=O) groups excluding carboxylic acids is 1. The fraction of sp³-hybridized carbons (Fsp3) is 0.409. The van der Waals surface area contributed by atoms with Gasteiger partial charge < -0.3 is 10.2 Å². The quantitative estimate of drug-likeness (QED) is 0.929. The second-order valence-electron chi connectivity index (χ2n) is 7.36. The highest BCUT2D eigenvalue weighted by Gasteiger charge is 2.27. The molecule has 1 aliphatic heterocycles. The van der Waals surface area contributed by atoms with Gasteiger partial charge in [0, 0.05) is 31.2 Å². The number of carbonyl (C=O) groups is 1. The maximum Gasteiger partial charge on any atom is 0.254 e. The van der Waals surface area contributed by atoms with E-state index in [1.165, 1.54) is 16.7 Å². The highest BCUT2D eigenvalue weighted by atomic mass is 16.2. The van der Waals surface area contributed by atoms with Crippen LogP contribution in [0.2, 0.25) is 0 Å². The number of rotatable bonds is 3. The van der Waals surface area contributed by atoms with Crippen molar-refractivity contribution in [1.82, 2.24) is 10.2 Å². The van der Waals surface area contributed by atoms with Crippen molar-refractivity contribution in [2.75, 3.05) is 19.6 Å². The maximum absolute atomic E-state index is 13.1. The summed E-state index contributed by atoms with van der Waals surface area (Å²) in [6, 6.07) is 12.9. The van der Waals surface area contributed by atoms with E-state index in [4.69, 9.17) is 0 Å². The molecular weight excluding hydrogens is 308 g/mol. The molecule has 2 aromatic carbocycles. The number of aryl methyl sites for hydroxylation is 4. The molecule has 1 fully saturated rings. The van der Waals surface area contributed by atoms with Gasteiger partial charge in [0.15, 0.2) is 0 Å². The average Bonchev–Trinajstić information content (AvgIpc) is 2.57. The lowest BCUT2D eigenvalue weighted by Gasteiger charge is -2.36. The van der Waals surface area contributed by atoms with Crippen LogP contribution in [0.1, 0.15) is 38.2 Å². The molecule has 1 amide bonds. The summed E-state index contributed by atoms with van der Waals surface area (Å²) in [5.41, 5.74) is 7.02. The Morgan fingerprint density at radius 2 is 1.76 bits per heavy atom. The lowest BCUT2D eigenvalue weighted by atomic mass is 9.98. The zero-order chi connectivity index (χ0) is 18.0. The van der Waals surface area contributed by atoms with Gasteiger partial charge in [-0.3, -0.25) is 4.79 Å². The molecule has 0 unspecified atom stereocenters. The van der Waals surface area contributed by atoms with Crippen LogP contribution >= 0.6 is 0 Å². The van der Waals surface area contributed by atoms with Crippen molar-refractivity contribution in [2.45, 2.75) is 40.2 Å². The minimum atomic E-state index is 0.155. The van der Waals surface area contributed by atoms with Crippen LogP contribution in [0.4, 0.5) is 0 Å². The molecule has 3 heteroatoms. The monoisotopic (exact) mass is 336 g/mol. The van der Waals surface area contributed by atoms with Crippen molar-refractivity contribution in [3.8, 4) is 0 Å². The SMILES string of the molecule is Cc1cc(C)cc(C(=O)N2CCNC[C@H]2Cc2ccc(C)c(C)c2)c1. The zero-order valence-corrected chi connectivity index (χ0v) is 15.7. The summed E-state index contributed by atoms with van der Waals surface area (Å²) in [6.07, 6.45) is 0.894. The van der Waals surface area contributed by atoms with Gasteiger partial charge in [-0.05, 0) is 62.9 Å². The Morgan fingerprint density at radius 3 is 2.44 bits per heavy atom. The first kappa shape index (κ1) is 17.7. The van der Waals surface area contributed by atoms with Gasteiger partial charge in [-0.2, -0.15) is 0 Å². The number of hydrogen-bond acceptors (Lipinski definition) is 2. The van der Waals surface area contributed by atoms with E-state index in [0.29, 0.717) is 0 Å². The summed E-state index contributed by atoms with van der Waals surface area (Å²) >= 11 is 0. The molecule has 3 nitrogen and oxygen atoms in total. The lowest BCUT2D eigenvalue weighted by Crippen LogP contribution is -2.54. The van der Waals surface area contributed by atoms with E-state index < -0.39 is 0 Å². The lowest BCUT2D eigenvalue weighted by molar-refractivity contribution is 0.0636. The minimum absolute atomic E-state index is 0.155. The Hall–Kier alpha value is -2.13. The van der Waals surface area contributed by atoms with Crippen LogP contribution in [0.15, 0.2) is 36.4 Å². The molecule has 1 heterocycles. The second-order valence-corrected chi connectivity index (χ2v) is 7.36. The zero-order valence-electron chi connectivity index (χ0n) is 15.7. The van der Waals surface area contributed by atoms with E-state index in [0.717, 1.165) is 42.7 Å². The van der Waals surface area contributed by atoms with Gasteiger partial charge >= 0.3 is 0 Å². The molecule has 1 aliphatic rings. The van der Waals surface area contributed by atoms with Crippen molar-refractivity contribution in [1.29, 1.82) is 0 Å². The molecule has 0 saturated carbocycles. The standard InChI is InChI=1S/C22H28N2O/c1-15-9-16(2)11-20(10-15)22(25)24-8-7-23-14-21(24)13-19-6-5-17(3)18(4)12-19/h5-6,9-12,21,23H,7-8,13-14H2,1-4H3/t21-/m1/s1. The van der Waals surface area contributed by atoms with Gasteiger partial charge in [0.25, 0.3) is 5.91 Å². The molecule has 0 radical (unpaired) electrons. The Morgan fingerprint density at radius 1 is 1.04 bits per heavy atom. The smallest absolute Gasteiger partial charge is 0.254 e. The minimum Gasteiger partial charge on any atom is -0.333 e. The summed E-state index contributed by atoms with van der Waals surface area (Å²) in [5.74, 6) is 0.155. The average molecular weight is 336 g/mol. The number of nitrogens with one attached hydrogen (secondary N) is 1. The topological polar surface area (TPSA) is 32.3 Å². The fourth-order valence-electron chi connectivity index (χ4n) is 3.68. The highest BCUT2D eigenvalue weighted by Crippen LogP contribution is 2.18. The normalized spacial score (nSPS) is 17.6. The van der Waals surface area contributed by atoms with Crippen LogP contribution in [0, 0.1) is 27.7 Å². The molecule has 1 N–H and O–H groups in total. The van der Waals surface area contributed by atoms with Gasteiger partial charge in [0.05, 0.1) is 0 Å². The van der Waals surface area contributed by atoms with E-state index >= 15 is 0 Å². The molecule has 0 bridgehead atoms. The van der Waals surface area contributed by atoms with Gasteiger partial charge in [0.2, 0.25) is 0 Å². The molecule has 3 rings (SSSR count). The number of benzene rings is 2. The van der Waals surface area contributed by atoms with Crippen molar-refractivity contribution in [3.05, 3.63) is 69.8 Å². The van der Waals surface area contributed by atoms with E-state index in [1.807, 2.05) is 26.0 Å². The number of nitrogens with zero attached hydrogens (tertiary/aromatic N) is 1. The third kappa shape index (κ3) is 4.10. The number of amides is 1. The van der Waals surface area contributed by atoms with E-state index in [1.54, 1.807) is 0 Å². The van der Waals surface area contributed by atoms with Crippen molar-refractivity contribution in [2.24, 2.45) is 0 Å². The summed E-state index contributed by atoms with van der Waals surface area (Å²) in [4.78, 5) is 15.2. The molecule has 132 valence electrons. The Labute approximate surface area is 151 Å². The third-order valence-corrected chi connectivity index (χ3v) is 5.12. The van der Waals surface area contributed by atoms with E-state index in [9.17, 15) is 4.79 Å². The van der Waals surface area contributed by atoms with Crippen molar-refractivity contribution < 1.29 is 4.79 Å². The largest absolute Gasteiger partial charge is 0.333 e. The molecule has 2 aromatic rings. The van der Waals surface area contributed by atoms with Crippen LogP contribution in [0.3, 0.4) is 0 Å². The van der Waals surface area contributed by atoms with Crippen molar-refractivity contribution >= 4 is 5.91 Å². The first-order chi connectivity index (χ1) is 11.9. The van der Waals surface area contributed by atoms with Gasteiger partial charge in [-0.25, -0.2) is 0 Å². The highest BCUT2D eigenvalue weighted by molar-refractivity contribution is 5.95. The van der Waals surface area contributed by atoms with E-state index in [-0.39, 0.29) is 11.9 Å². The predicted molar refractivity (Wildman–Crippen MR) is 103 cm³/mol. The van der Waals surface area contributed by atoms with Crippen LogP contribution in [0.25, 0.3) is 0 Å². The van der Waals surface area contributed by atoms with Crippen LogP contribution in [-0.4, -0.2) is 36.5 Å². The molecule has 1 saturated heterocycles. The Balaban J connectivity index is 1.82. The first-order valence-corrected chi connectivity index (χ1v) is 9.10. The van der Waals surface area contributed by atoms with Crippen LogP contribution < -0.4 is 5.32 Å².